The summed E-state index contributed by atoms with van der Waals surface area (Å²) in [7, 11) is 0. The minimum Gasteiger partial charge on any atom is -0.481 e. The van der Waals surface area contributed by atoms with Crippen molar-refractivity contribution in [3.63, 3.8) is 0 Å². The molecule has 1 aromatic carbocycles. The minimum absolute atomic E-state index is 0. The molecule has 0 spiro atoms. The molecule has 1 aromatic rings. The second-order valence-electron chi connectivity index (χ2n) is 5.18. The fraction of sp³-hybridized carbons (Fsp3) is 0.611. The number of hydrogen-bond acceptors (Lipinski definition) is 1. The SMILES string of the molecule is CC(=O)O.CCCCCc1c[c-]cc(CCCCC)c1.[Na+]. The van der Waals surface area contributed by atoms with Gasteiger partial charge in [0, 0.05) is 6.92 Å². The van der Waals surface area contributed by atoms with Gasteiger partial charge < -0.3 is 5.11 Å². The number of unbranched alkanes of at least 4 members (excludes halogenated alkanes) is 4. The number of hydrogen-bond donors (Lipinski definition) is 1. The molecule has 0 bridgehead atoms. The van der Waals surface area contributed by atoms with Crippen LogP contribution in [0.4, 0.5) is 0 Å². The Labute approximate surface area is 152 Å². The van der Waals surface area contributed by atoms with Crippen LogP contribution in [-0.4, -0.2) is 11.1 Å². The molecule has 0 aliphatic rings. The van der Waals surface area contributed by atoms with Gasteiger partial charge in [0.25, 0.3) is 5.97 Å². The first-order valence-corrected chi connectivity index (χ1v) is 7.78. The minimum atomic E-state index is -0.833. The van der Waals surface area contributed by atoms with Gasteiger partial charge in [-0.25, -0.2) is 0 Å². The van der Waals surface area contributed by atoms with Crippen molar-refractivity contribution in [2.24, 2.45) is 0 Å². The number of carbonyl (C=O) groups is 1. The molecule has 3 heteroatoms. The van der Waals surface area contributed by atoms with Gasteiger partial charge in [0.2, 0.25) is 0 Å². The first kappa shape index (κ1) is 23.0. The summed E-state index contributed by atoms with van der Waals surface area (Å²) in [6.07, 6.45) is 10.4. The van der Waals surface area contributed by atoms with E-state index < -0.39 is 5.97 Å². The summed E-state index contributed by atoms with van der Waals surface area (Å²) in [6.45, 7) is 5.60. The largest absolute Gasteiger partial charge is 1.00 e. The Morgan fingerprint density at radius 1 is 1.00 bits per heavy atom. The quantitative estimate of drug-likeness (QED) is 0.453. The second kappa shape index (κ2) is 16.1. The van der Waals surface area contributed by atoms with Crippen LogP contribution in [0.15, 0.2) is 18.2 Å². The Bertz CT molecular complexity index is 335. The van der Waals surface area contributed by atoms with Crippen LogP contribution in [0, 0.1) is 6.07 Å². The van der Waals surface area contributed by atoms with E-state index in [1.54, 1.807) is 0 Å². The fourth-order valence-corrected chi connectivity index (χ4v) is 2.02. The van der Waals surface area contributed by atoms with Crippen LogP contribution in [0.2, 0.25) is 0 Å². The molecule has 0 aliphatic heterocycles. The van der Waals surface area contributed by atoms with Crippen LogP contribution >= 0.6 is 0 Å². The topological polar surface area (TPSA) is 37.3 Å². The average Bonchev–Trinajstić information content (AvgIpc) is 2.39. The molecule has 0 unspecified atom stereocenters. The Hall–Kier alpha value is -0.310. The van der Waals surface area contributed by atoms with Gasteiger partial charge in [-0.2, -0.15) is 35.4 Å². The maximum absolute atomic E-state index is 9.00. The van der Waals surface area contributed by atoms with Crippen LogP contribution in [0.25, 0.3) is 0 Å². The standard InChI is InChI=1S/C16H25.C2H4O2.Na/c1-3-5-7-10-15-12-9-13-16(14-15)11-8-6-4-2;1-2(3)4;/h12-14H,3-8,10-11H2,1-2H3;1H3,(H,3,4);/q-1;;+1. The van der Waals surface area contributed by atoms with Crippen molar-refractivity contribution in [1.29, 1.82) is 0 Å². The third kappa shape index (κ3) is 15.9. The molecule has 0 saturated carbocycles. The Morgan fingerprint density at radius 2 is 1.38 bits per heavy atom. The molecule has 1 rings (SSSR count). The number of rotatable bonds is 8. The summed E-state index contributed by atoms with van der Waals surface area (Å²) in [5.74, 6) is -0.833. The molecule has 0 aliphatic carbocycles. The molecular weight excluding hydrogens is 271 g/mol. The van der Waals surface area contributed by atoms with Crippen LogP contribution in [0.3, 0.4) is 0 Å². The molecule has 0 amide bonds. The van der Waals surface area contributed by atoms with Crippen molar-refractivity contribution >= 4 is 5.97 Å². The van der Waals surface area contributed by atoms with E-state index in [4.69, 9.17) is 9.90 Å². The predicted octanol–water partition coefficient (Wildman–Crippen LogP) is 2.05. The van der Waals surface area contributed by atoms with Gasteiger partial charge >= 0.3 is 29.6 Å². The molecular formula is C18H29NaO2. The molecule has 0 radical (unpaired) electrons. The molecule has 0 aromatic heterocycles. The number of aryl methyl sites for hydroxylation is 2. The van der Waals surface area contributed by atoms with Crippen molar-refractivity contribution in [1.82, 2.24) is 0 Å². The average molecular weight is 300 g/mol. The fourth-order valence-electron chi connectivity index (χ4n) is 2.02. The summed E-state index contributed by atoms with van der Waals surface area (Å²) >= 11 is 0. The van der Waals surface area contributed by atoms with Crippen molar-refractivity contribution in [2.75, 3.05) is 0 Å². The Balaban J connectivity index is 0. The summed E-state index contributed by atoms with van der Waals surface area (Å²) in [6, 6.07) is 9.96. The summed E-state index contributed by atoms with van der Waals surface area (Å²) in [5, 5.41) is 7.42. The monoisotopic (exact) mass is 300 g/mol. The Kier molecular flexibility index (Phi) is 17.6. The summed E-state index contributed by atoms with van der Waals surface area (Å²) < 4.78 is 0. The van der Waals surface area contributed by atoms with Gasteiger partial charge in [-0.1, -0.05) is 65.2 Å². The third-order valence-electron chi connectivity index (χ3n) is 3.05. The van der Waals surface area contributed by atoms with Gasteiger partial charge in [-0.15, -0.1) is 0 Å². The number of benzene rings is 1. The van der Waals surface area contributed by atoms with Crippen LogP contribution in [0.5, 0.6) is 0 Å². The summed E-state index contributed by atoms with van der Waals surface area (Å²) in [4.78, 5) is 9.00. The smallest absolute Gasteiger partial charge is 0.481 e. The van der Waals surface area contributed by atoms with E-state index in [1.165, 1.54) is 62.5 Å². The van der Waals surface area contributed by atoms with E-state index in [9.17, 15) is 0 Å². The van der Waals surface area contributed by atoms with E-state index in [1.807, 2.05) is 0 Å². The van der Waals surface area contributed by atoms with Crippen molar-refractivity contribution < 1.29 is 39.5 Å². The molecule has 21 heavy (non-hydrogen) atoms. The molecule has 1 N–H and O–H groups in total. The van der Waals surface area contributed by atoms with E-state index >= 15 is 0 Å². The van der Waals surface area contributed by atoms with E-state index in [0.717, 1.165) is 6.92 Å². The third-order valence-corrected chi connectivity index (χ3v) is 3.05. The number of aliphatic carboxylic acids is 1. The van der Waals surface area contributed by atoms with Gasteiger partial charge in [-0.3, -0.25) is 4.79 Å². The van der Waals surface area contributed by atoms with Crippen molar-refractivity contribution in [3.8, 4) is 0 Å². The molecule has 0 fully saturated rings. The normalized spacial score (nSPS) is 9.29. The van der Waals surface area contributed by atoms with Gasteiger partial charge in [0.1, 0.15) is 0 Å². The van der Waals surface area contributed by atoms with E-state index in [-0.39, 0.29) is 29.6 Å². The van der Waals surface area contributed by atoms with Crippen molar-refractivity contribution in [2.45, 2.75) is 72.1 Å². The maximum Gasteiger partial charge on any atom is 1.00 e. The second-order valence-corrected chi connectivity index (χ2v) is 5.18. The number of carboxylic acids is 1. The number of carboxylic acid groups (broad SMARTS) is 1. The van der Waals surface area contributed by atoms with Crippen LogP contribution < -0.4 is 29.6 Å². The predicted molar refractivity (Wildman–Crippen MR) is 85.0 cm³/mol. The van der Waals surface area contributed by atoms with E-state index in [0.29, 0.717) is 0 Å². The maximum atomic E-state index is 9.00. The Morgan fingerprint density at radius 3 is 1.71 bits per heavy atom. The first-order valence-electron chi connectivity index (χ1n) is 7.78. The van der Waals surface area contributed by atoms with Crippen molar-refractivity contribution in [3.05, 3.63) is 35.4 Å². The molecule has 2 nitrogen and oxygen atoms in total. The van der Waals surface area contributed by atoms with E-state index in [2.05, 4.69) is 38.1 Å². The van der Waals surface area contributed by atoms with Crippen LogP contribution in [0.1, 0.15) is 70.4 Å². The zero-order valence-electron chi connectivity index (χ0n) is 14.2. The van der Waals surface area contributed by atoms with Gasteiger partial charge in [0.15, 0.2) is 0 Å². The molecule has 0 atom stereocenters. The summed E-state index contributed by atoms with van der Waals surface area (Å²) in [5.41, 5.74) is 2.95. The molecule has 0 heterocycles. The van der Waals surface area contributed by atoms with Gasteiger partial charge in [-0.05, 0) is 0 Å². The van der Waals surface area contributed by atoms with Crippen LogP contribution in [-0.2, 0) is 17.6 Å². The van der Waals surface area contributed by atoms with Gasteiger partial charge in [0.05, 0.1) is 0 Å². The molecule has 114 valence electrons. The first-order chi connectivity index (χ1) is 9.60. The zero-order valence-corrected chi connectivity index (χ0v) is 16.2. The molecule has 0 saturated heterocycles. The zero-order chi connectivity index (χ0) is 15.2.